The van der Waals surface area contributed by atoms with Gasteiger partial charge in [0, 0.05) is 5.69 Å². The normalized spacial score (nSPS) is 9.24. The van der Waals surface area contributed by atoms with Gasteiger partial charge in [-0.2, -0.15) is 0 Å². The Hall–Kier alpha value is -1.87. The van der Waals surface area contributed by atoms with Gasteiger partial charge in [-0.3, -0.25) is 0 Å². The van der Waals surface area contributed by atoms with Gasteiger partial charge in [0.1, 0.15) is 17.2 Å². The van der Waals surface area contributed by atoms with Gasteiger partial charge in [-0.15, -0.1) is 12.4 Å². The van der Waals surface area contributed by atoms with Gasteiger partial charge in [-0.25, -0.2) is 0 Å². The van der Waals surface area contributed by atoms with Crippen LogP contribution in [0.4, 0.5) is 5.69 Å². The fraction of sp³-hybridized carbons (Fsp3) is 0.0769. The Labute approximate surface area is 107 Å². The van der Waals surface area contributed by atoms with Crippen LogP contribution in [0.15, 0.2) is 48.5 Å². The average molecular weight is 252 g/mol. The Bertz CT molecular complexity index is 454. The molecule has 2 aromatic carbocycles. The Morgan fingerprint density at radius 1 is 0.765 bits per heavy atom. The van der Waals surface area contributed by atoms with Crippen molar-refractivity contribution in [1.29, 1.82) is 0 Å². The highest BCUT2D eigenvalue weighted by molar-refractivity contribution is 5.85. The van der Waals surface area contributed by atoms with E-state index in [9.17, 15) is 0 Å². The number of nitrogen functional groups attached to an aromatic ring is 1. The summed E-state index contributed by atoms with van der Waals surface area (Å²) < 4.78 is 10.7. The molecule has 0 aliphatic carbocycles. The summed E-state index contributed by atoms with van der Waals surface area (Å²) in [5.74, 6) is 2.34. The topological polar surface area (TPSA) is 44.5 Å². The van der Waals surface area contributed by atoms with Crippen LogP contribution < -0.4 is 15.2 Å². The molecular weight excluding hydrogens is 238 g/mol. The largest absolute Gasteiger partial charge is 0.497 e. The minimum Gasteiger partial charge on any atom is -0.497 e. The summed E-state index contributed by atoms with van der Waals surface area (Å²) >= 11 is 0. The molecule has 0 aliphatic rings. The second-order valence-electron chi connectivity index (χ2n) is 3.35. The maximum atomic E-state index is 5.62. The summed E-state index contributed by atoms with van der Waals surface area (Å²) in [6.45, 7) is 0. The molecule has 0 radical (unpaired) electrons. The molecule has 0 amide bonds. The summed E-state index contributed by atoms with van der Waals surface area (Å²) in [6.07, 6.45) is 0. The molecule has 0 saturated heterocycles. The highest BCUT2D eigenvalue weighted by atomic mass is 35.5. The van der Waals surface area contributed by atoms with Gasteiger partial charge in [0.25, 0.3) is 0 Å². The van der Waals surface area contributed by atoms with E-state index in [-0.39, 0.29) is 12.4 Å². The van der Waals surface area contributed by atoms with Gasteiger partial charge < -0.3 is 15.2 Å². The SMILES string of the molecule is COc1ccc(Oc2ccc(N)cc2)cc1.Cl. The maximum Gasteiger partial charge on any atom is 0.127 e. The van der Waals surface area contributed by atoms with Crippen LogP contribution in [0.25, 0.3) is 0 Å². The number of hydrogen-bond acceptors (Lipinski definition) is 3. The van der Waals surface area contributed by atoms with Gasteiger partial charge >= 0.3 is 0 Å². The zero-order valence-electron chi connectivity index (χ0n) is 9.42. The molecule has 2 N–H and O–H groups in total. The standard InChI is InChI=1S/C13H13NO2.ClH/c1-15-11-6-8-13(9-7-11)16-12-4-2-10(14)3-5-12;/h2-9H,14H2,1H3;1H. The summed E-state index contributed by atoms with van der Waals surface area (Å²) in [4.78, 5) is 0. The number of methoxy groups -OCH3 is 1. The number of benzene rings is 2. The highest BCUT2D eigenvalue weighted by Gasteiger charge is 1.97. The minimum atomic E-state index is 0. The first-order chi connectivity index (χ1) is 7.78. The van der Waals surface area contributed by atoms with Crippen LogP contribution in [-0.2, 0) is 0 Å². The molecule has 2 rings (SSSR count). The molecule has 4 heteroatoms. The number of hydrogen-bond donors (Lipinski definition) is 1. The van der Waals surface area contributed by atoms with Gasteiger partial charge in [0.2, 0.25) is 0 Å². The van der Waals surface area contributed by atoms with Crippen molar-refractivity contribution in [3.05, 3.63) is 48.5 Å². The molecule has 0 heterocycles. The van der Waals surface area contributed by atoms with E-state index in [2.05, 4.69) is 0 Å². The van der Waals surface area contributed by atoms with Crippen LogP contribution in [0.1, 0.15) is 0 Å². The molecule has 17 heavy (non-hydrogen) atoms. The first-order valence-electron chi connectivity index (χ1n) is 4.95. The van der Waals surface area contributed by atoms with E-state index < -0.39 is 0 Å². The zero-order valence-corrected chi connectivity index (χ0v) is 10.2. The molecule has 3 nitrogen and oxygen atoms in total. The van der Waals surface area contributed by atoms with E-state index >= 15 is 0 Å². The molecule has 0 aliphatic heterocycles. The third-order valence-electron chi connectivity index (χ3n) is 2.18. The van der Waals surface area contributed by atoms with Crippen LogP contribution in [-0.4, -0.2) is 7.11 Å². The van der Waals surface area contributed by atoms with Crippen molar-refractivity contribution in [1.82, 2.24) is 0 Å². The molecule has 0 unspecified atom stereocenters. The Balaban J connectivity index is 0.00000144. The molecule has 0 spiro atoms. The first-order valence-corrected chi connectivity index (χ1v) is 4.95. The maximum absolute atomic E-state index is 5.62. The number of halogens is 1. The average Bonchev–Trinajstić information content (AvgIpc) is 2.33. The predicted octanol–water partition coefficient (Wildman–Crippen LogP) is 3.49. The zero-order chi connectivity index (χ0) is 11.4. The van der Waals surface area contributed by atoms with Crippen molar-refractivity contribution >= 4 is 18.1 Å². The lowest BCUT2D eigenvalue weighted by atomic mass is 10.3. The second-order valence-corrected chi connectivity index (χ2v) is 3.35. The molecule has 0 aromatic heterocycles. The lowest BCUT2D eigenvalue weighted by Gasteiger charge is -2.06. The molecule has 0 saturated carbocycles. The van der Waals surface area contributed by atoms with Gasteiger partial charge in [0.05, 0.1) is 7.11 Å². The molecular formula is C13H14ClNO2. The van der Waals surface area contributed by atoms with Gasteiger partial charge in [-0.05, 0) is 48.5 Å². The van der Waals surface area contributed by atoms with Crippen LogP contribution in [0, 0.1) is 0 Å². The Morgan fingerprint density at radius 3 is 1.65 bits per heavy atom. The van der Waals surface area contributed by atoms with Crippen LogP contribution >= 0.6 is 12.4 Å². The van der Waals surface area contributed by atoms with Crippen molar-refractivity contribution in [2.24, 2.45) is 0 Å². The van der Waals surface area contributed by atoms with Crippen LogP contribution in [0.3, 0.4) is 0 Å². The second kappa shape index (κ2) is 6.01. The van der Waals surface area contributed by atoms with Crippen molar-refractivity contribution in [2.45, 2.75) is 0 Å². The monoisotopic (exact) mass is 251 g/mol. The lowest BCUT2D eigenvalue weighted by Crippen LogP contribution is -1.87. The fourth-order valence-electron chi connectivity index (χ4n) is 1.32. The van der Waals surface area contributed by atoms with E-state index in [1.807, 2.05) is 36.4 Å². The number of rotatable bonds is 3. The van der Waals surface area contributed by atoms with E-state index in [0.29, 0.717) is 0 Å². The van der Waals surface area contributed by atoms with E-state index in [0.717, 1.165) is 22.9 Å². The quantitative estimate of drug-likeness (QED) is 0.850. The van der Waals surface area contributed by atoms with E-state index in [1.165, 1.54) is 0 Å². The third kappa shape index (κ3) is 3.57. The van der Waals surface area contributed by atoms with E-state index in [4.69, 9.17) is 15.2 Å². The highest BCUT2D eigenvalue weighted by Crippen LogP contribution is 2.24. The van der Waals surface area contributed by atoms with Crippen molar-refractivity contribution < 1.29 is 9.47 Å². The Kier molecular flexibility index (Phi) is 4.67. The summed E-state index contributed by atoms with van der Waals surface area (Å²) in [7, 11) is 1.63. The number of nitrogens with two attached hydrogens (primary N) is 1. The molecule has 0 bridgehead atoms. The molecule has 0 atom stereocenters. The molecule has 2 aromatic rings. The first kappa shape index (κ1) is 13.2. The smallest absolute Gasteiger partial charge is 0.127 e. The lowest BCUT2D eigenvalue weighted by molar-refractivity contribution is 0.413. The van der Waals surface area contributed by atoms with Crippen molar-refractivity contribution in [3.8, 4) is 17.2 Å². The van der Waals surface area contributed by atoms with E-state index in [1.54, 1.807) is 19.2 Å². The predicted molar refractivity (Wildman–Crippen MR) is 71.2 cm³/mol. The van der Waals surface area contributed by atoms with Crippen LogP contribution in [0.2, 0.25) is 0 Å². The van der Waals surface area contributed by atoms with Crippen LogP contribution in [0.5, 0.6) is 17.2 Å². The summed E-state index contributed by atoms with van der Waals surface area (Å²) in [5.41, 5.74) is 6.31. The van der Waals surface area contributed by atoms with Crippen molar-refractivity contribution in [3.63, 3.8) is 0 Å². The summed E-state index contributed by atoms with van der Waals surface area (Å²) in [6, 6.07) is 14.7. The minimum absolute atomic E-state index is 0. The molecule has 90 valence electrons. The number of anilines is 1. The van der Waals surface area contributed by atoms with Crippen molar-refractivity contribution in [2.75, 3.05) is 12.8 Å². The molecule has 0 fully saturated rings. The van der Waals surface area contributed by atoms with Gasteiger partial charge in [0.15, 0.2) is 0 Å². The Morgan fingerprint density at radius 2 is 1.18 bits per heavy atom. The third-order valence-corrected chi connectivity index (χ3v) is 2.18. The van der Waals surface area contributed by atoms with Gasteiger partial charge in [-0.1, -0.05) is 0 Å². The summed E-state index contributed by atoms with van der Waals surface area (Å²) in [5, 5.41) is 0. The fourth-order valence-corrected chi connectivity index (χ4v) is 1.32. The number of ether oxygens (including phenoxy) is 2.